The number of nitrogens with zero attached hydrogens (tertiary/aromatic N) is 1. The minimum atomic E-state index is -1.11. The molecule has 0 spiro atoms. The quantitative estimate of drug-likeness (QED) is 0.747. The van der Waals surface area contributed by atoms with E-state index in [1.54, 1.807) is 25.3 Å². The molecule has 2 amide bonds. The lowest BCUT2D eigenvalue weighted by Crippen LogP contribution is -2.45. The van der Waals surface area contributed by atoms with Crippen LogP contribution in [0.1, 0.15) is 12.0 Å². The van der Waals surface area contributed by atoms with E-state index in [2.05, 4.69) is 5.32 Å². The van der Waals surface area contributed by atoms with Gasteiger partial charge in [-0.05, 0) is 17.7 Å². The number of aliphatic carboxylic acids is 1. The molecule has 2 unspecified atom stereocenters. The number of aliphatic hydroxyl groups is 1. The Balaban J connectivity index is 1.96. The highest BCUT2D eigenvalue weighted by Crippen LogP contribution is 2.18. The number of carbonyl (C=O) groups is 2. The van der Waals surface area contributed by atoms with Crippen molar-refractivity contribution in [3.05, 3.63) is 29.8 Å². The molecule has 7 heteroatoms. The maximum absolute atomic E-state index is 12.0. The van der Waals surface area contributed by atoms with Gasteiger partial charge in [-0.15, -0.1) is 0 Å². The summed E-state index contributed by atoms with van der Waals surface area (Å²) in [6.07, 6.45) is -0.740. The van der Waals surface area contributed by atoms with Crippen LogP contribution >= 0.6 is 0 Å². The van der Waals surface area contributed by atoms with E-state index < -0.39 is 24.1 Å². The van der Waals surface area contributed by atoms with Crippen LogP contribution in [0.25, 0.3) is 0 Å². The van der Waals surface area contributed by atoms with Crippen LogP contribution in [0.15, 0.2) is 24.3 Å². The number of methoxy groups -OCH3 is 1. The van der Waals surface area contributed by atoms with Crippen molar-refractivity contribution in [3.8, 4) is 5.75 Å². The molecular formula is C14H18N2O5. The molecule has 3 N–H and O–H groups in total. The first-order valence-electron chi connectivity index (χ1n) is 6.59. The van der Waals surface area contributed by atoms with E-state index in [-0.39, 0.29) is 19.5 Å². The van der Waals surface area contributed by atoms with Gasteiger partial charge in [0.05, 0.1) is 13.2 Å². The van der Waals surface area contributed by atoms with Gasteiger partial charge in [-0.25, -0.2) is 9.59 Å². The summed E-state index contributed by atoms with van der Waals surface area (Å²) in [4.78, 5) is 24.3. The lowest BCUT2D eigenvalue weighted by atomic mass is 10.2. The number of benzene rings is 1. The van der Waals surface area contributed by atoms with Gasteiger partial charge in [-0.2, -0.15) is 0 Å². The minimum Gasteiger partial charge on any atom is -0.497 e. The molecule has 2 atom stereocenters. The Morgan fingerprint density at radius 3 is 2.90 bits per heavy atom. The average molecular weight is 294 g/mol. The van der Waals surface area contributed by atoms with Crippen molar-refractivity contribution < 1.29 is 24.5 Å². The number of β-amino-alcohol motifs (C(OH)–C–C–N with tert-alkyl or cyclic N) is 1. The third-order valence-electron chi connectivity index (χ3n) is 3.40. The van der Waals surface area contributed by atoms with Crippen LogP contribution in [-0.2, 0) is 11.3 Å². The van der Waals surface area contributed by atoms with Crippen molar-refractivity contribution in [1.82, 2.24) is 10.2 Å². The Bertz CT molecular complexity index is 534. The average Bonchev–Trinajstić information content (AvgIpc) is 2.87. The number of carboxylic acid groups (broad SMARTS) is 1. The first-order chi connectivity index (χ1) is 10.0. The van der Waals surface area contributed by atoms with E-state index in [9.17, 15) is 14.7 Å². The SMILES string of the molecule is COc1cccc(CNC(=O)N2CC(O)CC2C(=O)O)c1. The number of amides is 2. The standard InChI is InChI=1S/C14H18N2O5/c1-21-11-4-2-3-9(5-11)7-15-14(20)16-8-10(17)6-12(16)13(18)19/h2-5,10,12,17H,6-8H2,1H3,(H,15,20)(H,18,19). The fraction of sp³-hybridized carbons (Fsp3) is 0.429. The fourth-order valence-corrected chi connectivity index (χ4v) is 2.33. The summed E-state index contributed by atoms with van der Waals surface area (Å²) in [6, 6.07) is 5.74. The highest BCUT2D eigenvalue weighted by atomic mass is 16.5. The maximum Gasteiger partial charge on any atom is 0.326 e. The van der Waals surface area contributed by atoms with Gasteiger partial charge in [-0.1, -0.05) is 12.1 Å². The number of ether oxygens (including phenoxy) is 1. The van der Waals surface area contributed by atoms with Gasteiger partial charge in [0, 0.05) is 19.5 Å². The molecule has 1 aromatic carbocycles. The zero-order chi connectivity index (χ0) is 15.4. The van der Waals surface area contributed by atoms with Crippen molar-refractivity contribution >= 4 is 12.0 Å². The van der Waals surface area contributed by atoms with Crippen LogP contribution in [0, 0.1) is 0 Å². The molecule has 0 bridgehead atoms. The number of carbonyl (C=O) groups excluding carboxylic acids is 1. The number of rotatable bonds is 4. The van der Waals surface area contributed by atoms with Gasteiger partial charge >= 0.3 is 12.0 Å². The number of nitrogens with one attached hydrogen (secondary N) is 1. The molecule has 2 rings (SSSR count). The van der Waals surface area contributed by atoms with Gasteiger partial charge in [0.15, 0.2) is 0 Å². The zero-order valence-corrected chi connectivity index (χ0v) is 11.7. The molecule has 1 aliphatic heterocycles. The van der Waals surface area contributed by atoms with Gasteiger partial charge in [0.25, 0.3) is 0 Å². The first kappa shape index (κ1) is 15.1. The van der Waals surface area contributed by atoms with Crippen molar-refractivity contribution in [2.75, 3.05) is 13.7 Å². The molecule has 0 aliphatic carbocycles. The third kappa shape index (κ3) is 3.63. The number of hydrogen-bond donors (Lipinski definition) is 3. The van der Waals surface area contributed by atoms with Crippen LogP contribution < -0.4 is 10.1 Å². The molecule has 1 aromatic rings. The number of hydrogen-bond acceptors (Lipinski definition) is 4. The normalized spacial score (nSPS) is 21.1. The summed E-state index contributed by atoms with van der Waals surface area (Å²) in [5.41, 5.74) is 0.842. The van der Waals surface area contributed by atoms with E-state index in [0.29, 0.717) is 5.75 Å². The summed E-state index contributed by atoms with van der Waals surface area (Å²) in [7, 11) is 1.56. The molecule has 1 fully saturated rings. The summed E-state index contributed by atoms with van der Waals surface area (Å²) >= 11 is 0. The molecule has 1 aliphatic rings. The van der Waals surface area contributed by atoms with E-state index in [1.807, 2.05) is 6.07 Å². The monoisotopic (exact) mass is 294 g/mol. The van der Waals surface area contributed by atoms with E-state index in [0.717, 1.165) is 10.5 Å². The number of urea groups is 1. The topological polar surface area (TPSA) is 99.1 Å². The van der Waals surface area contributed by atoms with Gasteiger partial charge in [-0.3, -0.25) is 0 Å². The Hall–Kier alpha value is -2.28. The fourth-order valence-electron chi connectivity index (χ4n) is 2.33. The highest BCUT2D eigenvalue weighted by molar-refractivity contribution is 5.83. The lowest BCUT2D eigenvalue weighted by molar-refractivity contribution is -0.141. The molecule has 7 nitrogen and oxygen atoms in total. The van der Waals surface area contributed by atoms with E-state index in [1.165, 1.54) is 0 Å². The van der Waals surface area contributed by atoms with Crippen molar-refractivity contribution in [3.63, 3.8) is 0 Å². The molecular weight excluding hydrogens is 276 g/mol. The van der Waals surface area contributed by atoms with Gasteiger partial charge < -0.3 is 25.2 Å². The maximum atomic E-state index is 12.0. The minimum absolute atomic E-state index is 0.0287. The third-order valence-corrected chi connectivity index (χ3v) is 3.40. The molecule has 1 saturated heterocycles. The summed E-state index contributed by atoms with van der Waals surface area (Å²) < 4.78 is 5.09. The molecule has 21 heavy (non-hydrogen) atoms. The summed E-state index contributed by atoms with van der Waals surface area (Å²) in [6.45, 7) is 0.288. The van der Waals surface area contributed by atoms with E-state index in [4.69, 9.17) is 9.84 Å². The van der Waals surface area contributed by atoms with Crippen LogP contribution in [-0.4, -0.2) is 52.9 Å². The Labute approximate surface area is 122 Å². The largest absolute Gasteiger partial charge is 0.497 e. The second kappa shape index (κ2) is 6.45. The number of aliphatic hydroxyl groups excluding tert-OH is 1. The Morgan fingerprint density at radius 1 is 1.48 bits per heavy atom. The Morgan fingerprint density at radius 2 is 2.24 bits per heavy atom. The molecule has 114 valence electrons. The van der Waals surface area contributed by atoms with Crippen molar-refractivity contribution in [1.29, 1.82) is 0 Å². The van der Waals surface area contributed by atoms with E-state index >= 15 is 0 Å². The van der Waals surface area contributed by atoms with Crippen LogP contribution in [0.5, 0.6) is 5.75 Å². The molecule has 1 heterocycles. The summed E-state index contributed by atoms with van der Waals surface area (Å²) in [5.74, 6) is -0.426. The molecule has 0 saturated carbocycles. The second-order valence-corrected chi connectivity index (χ2v) is 4.91. The van der Waals surface area contributed by atoms with Gasteiger partial charge in [0.1, 0.15) is 11.8 Å². The van der Waals surface area contributed by atoms with Crippen molar-refractivity contribution in [2.24, 2.45) is 0 Å². The zero-order valence-electron chi connectivity index (χ0n) is 11.7. The number of carboxylic acids is 1. The first-order valence-corrected chi connectivity index (χ1v) is 6.59. The predicted molar refractivity (Wildman–Crippen MR) is 74.0 cm³/mol. The Kier molecular flexibility index (Phi) is 4.64. The lowest BCUT2D eigenvalue weighted by Gasteiger charge is -2.21. The molecule has 0 radical (unpaired) electrons. The van der Waals surface area contributed by atoms with Gasteiger partial charge in [0.2, 0.25) is 0 Å². The second-order valence-electron chi connectivity index (χ2n) is 4.91. The summed E-state index contributed by atoms with van der Waals surface area (Å²) in [5, 5.41) is 21.2. The smallest absolute Gasteiger partial charge is 0.326 e. The number of likely N-dealkylation sites (tertiary alicyclic amines) is 1. The predicted octanol–water partition coefficient (Wildman–Crippen LogP) is 0.425. The van der Waals surface area contributed by atoms with Crippen LogP contribution in [0.4, 0.5) is 4.79 Å². The molecule has 0 aromatic heterocycles. The highest BCUT2D eigenvalue weighted by Gasteiger charge is 2.38. The van der Waals surface area contributed by atoms with Crippen LogP contribution in [0.3, 0.4) is 0 Å². The van der Waals surface area contributed by atoms with Crippen LogP contribution in [0.2, 0.25) is 0 Å². The van der Waals surface area contributed by atoms with Crippen molar-refractivity contribution in [2.45, 2.75) is 25.1 Å².